The summed E-state index contributed by atoms with van der Waals surface area (Å²) >= 11 is 0. The van der Waals surface area contributed by atoms with Crippen LogP contribution in [0.15, 0.2) is 42.5 Å². The normalized spacial score (nSPS) is 11.3. The summed E-state index contributed by atoms with van der Waals surface area (Å²) in [6, 6.07) is 9.75. The van der Waals surface area contributed by atoms with Crippen molar-refractivity contribution < 1.29 is 17.2 Å². The molecule has 2 aromatic rings. The lowest BCUT2D eigenvalue weighted by molar-refractivity contribution is 0.590. The Balaban J connectivity index is 2.08. The van der Waals surface area contributed by atoms with Gasteiger partial charge in [0.2, 0.25) is 10.0 Å². The molecule has 0 fully saturated rings. The molecule has 4 nitrogen and oxygen atoms in total. The molecule has 0 heterocycles. The van der Waals surface area contributed by atoms with Crippen LogP contribution in [-0.4, -0.2) is 14.2 Å². The SMILES string of the molecule is CCCCS(=O)(=O)Nc1ccc(Nc2c(F)cccc2F)cc1. The van der Waals surface area contributed by atoms with E-state index in [2.05, 4.69) is 10.0 Å². The van der Waals surface area contributed by atoms with Gasteiger partial charge in [-0.05, 0) is 42.8 Å². The monoisotopic (exact) mass is 340 g/mol. The number of hydrogen-bond acceptors (Lipinski definition) is 3. The highest BCUT2D eigenvalue weighted by Gasteiger charge is 2.11. The van der Waals surface area contributed by atoms with Gasteiger partial charge in [0.05, 0.1) is 5.75 Å². The van der Waals surface area contributed by atoms with Crippen molar-refractivity contribution in [2.75, 3.05) is 15.8 Å². The summed E-state index contributed by atoms with van der Waals surface area (Å²) in [7, 11) is -3.37. The van der Waals surface area contributed by atoms with Crippen LogP contribution in [0.4, 0.5) is 25.8 Å². The second-order valence-corrected chi connectivity index (χ2v) is 6.92. The molecular weight excluding hydrogens is 322 g/mol. The number of para-hydroxylation sites is 1. The standard InChI is InChI=1S/C16H18F2N2O2S/c1-2-3-11-23(21,22)20-13-9-7-12(8-10-13)19-16-14(17)5-4-6-15(16)18/h4-10,19-20H,2-3,11H2,1H3. The van der Waals surface area contributed by atoms with Gasteiger partial charge in [-0.25, -0.2) is 17.2 Å². The van der Waals surface area contributed by atoms with Gasteiger partial charge in [0.15, 0.2) is 0 Å². The highest BCUT2D eigenvalue weighted by molar-refractivity contribution is 7.92. The van der Waals surface area contributed by atoms with Gasteiger partial charge >= 0.3 is 0 Å². The maximum atomic E-state index is 13.6. The van der Waals surface area contributed by atoms with Crippen LogP contribution in [0.1, 0.15) is 19.8 Å². The summed E-state index contributed by atoms with van der Waals surface area (Å²) < 4.78 is 53.2. The molecule has 2 N–H and O–H groups in total. The summed E-state index contributed by atoms with van der Waals surface area (Å²) in [4.78, 5) is 0. The fourth-order valence-corrected chi connectivity index (χ4v) is 3.21. The largest absolute Gasteiger partial charge is 0.351 e. The molecule has 0 bridgehead atoms. The van der Waals surface area contributed by atoms with Gasteiger partial charge in [-0.15, -0.1) is 0 Å². The highest BCUT2D eigenvalue weighted by atomic mass is 32.2. The number of sulfonamides is 1. The van der Waals surface area contributed by atoms with Crippen molar-refractivity contribution in [3.05, 3.63) is 54.1 Å². The van der Waals surface area contributed by atoms with E-state index in [1.807, 2.05) is 6.92 Å². The molecule has 0 amide bonds. The minimum atomic E-state index is -3.37. The molecule has 23 heavy (non-hydrogen) atoms. The molecule has 0 aromatic heterocycles. The number of halogens is 2. The minimum absolute atomic E-state index is 0.0595. The number of anilines is 3. The number of unbranched alkanes of at least 4 members (excludes halogenated alkanes) is 1. The molecule has 2 rings (SSSR count). The Morgan fingerprint density at radius 3 is 2.09 bits per heavy atom. The Bertz CT molecular complexity index is 742. The van der Waals surface area contributed by atoms with Crippen molar-refractivity contribution in [1.82, 2.24) is 0 Å². The molecular formula is C16H18F2N2O2S. The predicted molar refractivity (Wildman–Crippen MR) is 88.4 cm³/mol. The van der Waals surface area contributed by atoms with E-state index in [1.54, 1.807) is 12.1 Å². The Hall–Kier alpha value is -2.15. The molecule has 124 valence electrons. The van der Waals surface area contributed by atoms with Crippen LogP contribution in [0.25, 0.3) is 0 Å². The third-order valence-electron chi connectivity index (χ3n) is 3.16. The average Bonchev–Trinajstić information content (AvgIpc) is 2.50. The second kappa shape index (κ2) is 7.41. The van der Waals surface area contributed by atoms with Crippen LogP contribution in [0.5, 0.6) is 0 Å². The first-order valence-corrected chi connectivity index (χ1v) is 8.88. The lowest BCUT2D eigenvalue weighted by Gasteiger charge is -2.11. The Labute approximate surface area is 134 Å². The quantitative estimate of drug-likeness (QED) is 0.792. The molecule has 7 heteroatoms. The van der Waals surface area contributed by atoms with E-state index in [4.69, 9.17) is 0 Å². The molecule has 0 spiro atoms. The van der Waals surface area contributed by atoms with Crippen LogP contribution in [0.2, 0.25) is 0 Å². The lowest BCUT2D eigenvalue weighted by Crippen LogP contribution is -2.16. The van der Waals surface area contributed by atoms with Gasteiger partial charge in [-0.2, -0.15) is 0 Å². The smallest absolute Gasteiger partial charge is 0.232 e. The van der Waals surface area contributed by atoms with Crippen molar-refractivity contribution in [2.45, 2.75) is 19.8 Å². The first-order valence-electron chi connectivity index (χ1n) is 7.23. The van der Waals surface area contributed by atoms with Crippen molar-refractivity contribution in [3.63, 3.8) is 0 Å². The molecule has 0 aliphatic rings. The van der Waals surface area contributed by atoms with Crippen molar-refractivity contribution in [1.29, 1.82) is 0 Å². The van der Waals surface area contributed by atoms with Gasteiger partial charge in [-0.1, -0.05) is 19.4 Å². The molecule has 0 atom stereocenters. The van der Waals surface area contributed by atoms with Crippen LogP contribution >= 0.6 is 0 Å². The Morgan fingerprint density at radius 2 is 1.52 bits per heavy atom. The van der Waals surface area contributed by atoms with Crippen LogP contribution in [-0.2, 0) is 10.0 Å². The Kier molecular flexibility index (Phi) is 5.54. The molecule has 0 radical (unpaired) electrons. The number of nitrogens with one attached hydrogen (secondary N) is 2. The summed E-state index contributed by atoms with van der Waals surface area (Å²) in [6.45, 7) is 1.91. The third kappa shape index (κ3) is 4.92. The lowest BCUT2D eigenvalue weighted by atomic mass is 10.2. The molecule has 0 saturated heterocycles. The molecule has 0 aliphatic heterocycles. The predicted octanol–water partition coefficient (Wildman–Crippen LogP) is 4.25. The summed E-state index contributed by atoms with van der Waals surface area (Å²) in [5.41, 5.74) is 0.606. The summed E-state index contributed by atoms with van der Waals surface area (Å²) in [5, 5.41) is 2.64. The van der Waals surface area contributed by atoms with Gasteiger partial charge < -0.3 is 5.32 Å². The fourth-order valence-electron chi connectivity index (χ4n) is 1.95. The molecule has 2 aromatic carbocycles. The van der Waals surface area contributed by atoms with Gasteiger partial charge in [0.1, 0.15) is 17.3 Å². The van der Waals surface area contributed by atoms with Gasteiger partial charge in [0, 0.05) is 11.4 Å². The third-order valence-corrected chi connectivity index (χ3v) is 4.53. The van der Waals surface area contributed by atoms with Crippen LogP contribution < -0.4 is 10.0 Å². The van der Waals surface area contributed by atoms with E-state index in [9.17, 15) is 17.2 Å². The first kappa shape index (κ1) is 17.2. The van der Waals surface area contributed by atoms with Gasteiger partial charge in [0.25, 0.3) is 0 Å². The van der Waals surface area contributed by atoms with Crippen molar-refractivity contribution in [2.24, 2.45) is 0 Å². The van der Waals surface area contributed by atoms with Crippen molar-refractivity contribution in [3.8, 4) is 0 Å². The molecule has 0 saturated carbocycles. The Morgan fingerprint density at radius 1 is 0.957 bits per heavy atom. The molecule has 0 aliphatic carbocycles. The number of benzene rings is 2. The van der Waals surface area contributed by atoms with E-state index in [1.165, 1.54) is 18.2 Å². The minimum Gasteiger partial charge on any atom is -0.351 e. The van der Waals surface area contributed by atoms with E-state index in [0.717, 1.165) is 18.6 Å². The zero-order valence-corrected chi connectivity index (χ0v) is 13.5. The fraction of sp³-hybridized carbons (Fsp3) is 0.250. The maximum Gasteiger partial charge on any atom is 0.232 e. The molecule has 0 unspecified atom stereocenters. The van der Waals surface area contributed by atoms with E-state index < -0.39 is 21.7 Å². The topological polar surface area (TPSA) is 58.2 Å². The second-order valence-electron chi connectivity index (χ2n) is 5.07. The number of hydrogen-bond donors (Lipinski definition) is 2. The zero-order chi connectivity index (χ0) is 16.9. The van der Waals surface area contributed by atoms with E-state index >= 15 is 0 Å². The van der Waals surface area contributed by atoms with Crippen molar-refractivity contribution >= 4 is 27.1 Å². The average molecular weight is 340 g/mol. The van der Waals surface area contributed by atoms with E-state index in [0.29, 0.717) is 17.8 Å². The highest BCUT2D eigenvalue weighted by Crippen LogP contribution is 2.24. The maximum absolute atomic E-state index is 13.6. The van der Waals surface area contributed by atoms with Gasteiger partial charge in [-0.3, -0.25) is 4.72 Å². The van der Waals surface area contributed by atoms with Crippen LogP contribution in [0.3, 0.4) is 0 Å². The number of rotatable bonds is 7. The first-order chi connectivity index (χ1) is 10.9. The summed E-state index contributed by atoms with van der Waals surface area (Å²) in [5.74, 6) is -1.34. The van der Waals surface area contributed by atoms with Crippen LogP contribution in [0, 0.1) is 11.6 Å². The zero-order valence-electron chi connectivity index (χ0n) is 12.6. The summed E-state index contributed by atoms with van der Waals surface area (Å²) in [6.07, 6.45) is 1.37. The van der Waals surface area contributed by atoms with E-state index in [-0.39, 0.29) is 11.4 Å².